The molecule has 1 aromatic carbocycles. The van der Waals surface area contributed by atoms with E-state index in [0.717, 1.165) is 28.9 Å². The number of carbonyl (C=O) groups is 1. The van der Waals surface area contributed by atoms with Crippen molar-refractivity contribution in [3.8, 4) is 11.8 Å². The molecule has 0 saturated carbocycles. The van der Waals surface area contributed by atoms with Gasteiger partial charge in [0.15, 0.2) is 0 Å². The lowest BCUT2D eigenvalue weighted by Gasteiger charge is -2.10. The molecule has 0 aliphatic carbocycles. The fourth-order valence-corrected chi connectivity index (χ4v) is 2.00. The fraction of sp³-hybridized carbons (Fsp3) is 0.250. The van der Waals surface area contributed by atoms with Crippen molar-refractivity contribution in [2.24, 2.45) is 0 Å². The number of amides is 1. The fourth-order valence-electron chi connectivity index (χ4n) is 2.00. The van der Waals surface area contributed by atoms with Crippen LogP contribution in [0, 0.1) is 18.8 Å². The Morgan fingerprint density at radius 1 is 1.48 bits per heavy atom. The van der Waals surface area contributed by atoms with Gasteiger partial charge in [-0.2, -0.15) is 5.10 Å². The van der Waals surface area contributed by atoms with Crippen LogP contribution in [0.3, 0.4) is 0 Å². The van der Waals surface area contributed by atoms with Crippen molar-refractivity contribution >= 4 is 11.6 Å². The van der Waals surface area contributed by atoms with Gasteiger partial charge in [0.25, 0.3) is 5.91 Å². The van der Waals surface area contributed by atoms with Crippen LogP contribution < -0.4 is 5.32 Å². The number of benzene rings is 1. The summed E-state index contributed by atoms with van der Waals surface area (Å²) in [5.41, 5.74) is 3.84. The summed E-state index contributed by atoms with van der Waals surface area (Å²) < 4.78 is 0. The third-order valence-corrected chi connectivity index (χ3v) is 3.12. The molecule has 0 radical (unpaired) electrons. The number of H-pyrrole nitrogens is 1. The molecule has 1 aromatic heterocycles. The Hall–Kier alpha value is -2.58. The molecular weight excluding hydrogens is 266 g/mol. The van der Waals surface area contributed by atoms with Gasteiger partial charge >= 0.3 is 0 Å². The Bertz CT molecular complexity index is 708. The standard InChI is InChI=1S/C16H17N3O2/c1-3-13-9-12(5-4-8-20)6-7-15(13)18-16(21)14-10-17-19-11(14)2/h6-7,9-10,20H,3,8H2,1-2H3,(H,17,19)(H,18,21). The highest BCUT2D eigenvalue weighted by Crippen LogP contribution is 2.19. The maximum Gasteiger partial charge on any atom is 0.259 e. The van der Waals surface area contributed by atoms with E-state index in [0.29, 0.717) is 5.56 Å². The van der Waals surface area contributed by atoms with Gasteiger partial charge in [-0.25, -0.2) is 0 Å². The summed E-state index contributed by atoms with van der Waals surface area (Å²) in [5.74, 6) is 5.28. The van der Waals surface area contributed by atoms with Crippen molar-refractivity contribution in [1.29, 1.82) is 0 Å². The number of hydrogen-bond acceptors (Lipinski definition) is 3. The van der Waals surface area contributed by atoms with Gasteiger partial charge in [-0.1, -0.05) is 18.8 Å². The van der Waals surface area contributed by atoms with Crippen molar-refractivity contribution in [2.45, 2.75) is 20.3 Å². The predicted molar refractivity (Wildman–Crippen MR) is 81.1 cm³/mol. The Morgan fingerprint density at radius 3 is 2.90 bits per heavy atom. The topological polar surface area (TPSA) is 78.0 Å². The smallest absolute Gasteiger partial charge is 0.259 e. The van der Waals surface area contributed by atoms with Crippen LogP contribution in [0.5, 0.6) is 0 Å². The average molecular weight is 283 g/mol. The van der Waals surface area contributed by atoms with Crippen molar-refractivity contribution in [3.05, 3.63) is 46.8 Å². The molecule has 0 aliphatic rings. The number of aromatic nitrogens is 2. The van der Waals surface area contributed by atoms with Crippen LogP contribution in [-0.2, 0) is 6.42 Å². The van der Waals surface area contributed by atoms with E-state index in [1.165, 1.54) is 6.20 Å². The lowest BCUT2D eigenvalue weighted by molar-refractivity contribution is 0.102. The monoisotopic (exact) mass is 283 g/mol. The molecule has 21 heavy (non-hydrogen) atoms. The van der Waals surface area contributed by atoms with Crippen molar-refractivity contribution in [3.63, 3.8) is 0 Å². The number of carbonyl (C=O) groups excluding carboxylic acids is 1. The summed E-state index contributed by atoms with van der Waals surface area (Å²) in [6, 6.07) is 5.56. The highest BCUT2D eigenvalue weighted by Gasteiger charge is 2.12. The molecule has 1 amide bonds. The summed E-state index contributed by atoms with van der Waals surface area (Å²) in [6.45, 7) is 3.65. The Balaban J connectivity index is 2.24. The van der Waals surface area contributed by atoms with E-state index in [4.69, 9.17) is 5.11 Å². The van der Waals surface area contributed by atoms with Crippen molar-refractivity contribution in [1.82, 2.24) is 10.2 Å². The SMILES string of the molecule is CCc1cc(C#CCO)ccc1NC(=O)c1cn[nH]c1C. The van der Waals surface area contributed by atoms with Gasteiger partial charge < -0.3 is 10.4 Å². The molecule has 0 unspecified atom stereocenters. The van der Waals surface area contributed by atoms with Gasteiger partial charge in [0, 0.05) is 16.9 Å². The first kappa shape index (κ1) is 14.8. The van der Waals surface area contributed by atoms with Crippen LogP contribution in [0.25, 0.3) is 0 Å². The summed E-state index contributed by atoms with van der Waals surface area (Å²) in [4.78, 5) is 12.2. The summed E-state index contributed by atoms with van der Waals surface area (Å²) in [6.07, 6.45) is 2.28. The quantitative estimate of drug-likeness (QED) is 0.753. The molecule has 0 atom stereocenters. The number of hydrogen-bond donors (Lipinski definition) is 3. The second-order valence-corrected chi connectivity index (χ2v) is 4.55. The molecule has 0 aliphatic heterocycles. The summed E-state index contributed by atoms with van der Waals surface area (Å²) in [5, 5.41) is 18.2. The third kappa shape index (κ3) is 3.50. The molecule has 5 heteroatoms. The van der Waals surface area contributed by atoms with Gasteiger partial charge in [-0.15, -0.1) is 0 Å². The molecule has 108 valence electrons. The van der Waals surface area contributed by atoms with Crippen LogP contribution in [0.4, 0.5) is 5.69 Å². The van der Waals surface area contributed by atoms with E-state index < -0.39 is 0 Å². The number of aliphatic hydroxyl groups is 1. The number of nitrogens with zero attached hydrogens (tertiary/aromatic N) is 1. The zero-order valence-electron chi connectivity index (χ0n) is 12.0. The van der Waals surface area contributed by atoms with Gasteiger partial charge in [-0.05, 0) is 37.1 Å². The predicted octanol–water partition coefficient (Wildman–Crippen LogP) is 1.88. The Kier molecular flexibility index (Phi) is 4.75. The van der Waals surface area contributed by atoms with Gasteiger partial charge in [0.1, 0.15) is 6.61 Å². The first-order valence-corrected chi connectivity index (χ1v) is 6.69. The second kappa shape index (κ2) is 6.73. The van der Waals surface area contributed by atoms with Crippen LogP contribution in [0.1, 0.15) is 34.1 Å². The highest BCUT2D eigenvalue weighted by molar-refractivity contribution is 6.05. The molecule has 0 bridgehead atoms. The lowest BCUT2D eigenvalue weighted by Crippen LogP contribution is -2.13. The van der Waals surface area contributed by atoms with Crippen molar-refractivity contribution < 1.29 is 9.90 Å². The first-order chi connectivity index (χ1) is 10.2. The molecule has 0 spiro atoms. The molecule has 1 heterocycles. The third-order valence-electron chi connectivity index (χ3n) is 3.12. The van der Waals surface area contributed by atoms with Crippen LogP contribution in [0.2, 0.25) is 0 Å². The zero-order valence-corrected chi connectivity index (χ0v) is 12.0. The Labute approximate surface area is 123 Å². The van der Waals surface area contributed by atoms with E-state index in [-0.39, 0.29) is 12.5 Å². The molecule has 0 fully saturated rings. The highest BCUT2D eigenvalue weighted by atomic mass is 16.2. The normalized spacial score (nSPS) is 9.86. The largest absolute Gasteiger partial charge is 0.384 e. The van der Waals surface area contributed by atoms with Gasteiger partial charge in [0.05, 0.1) is 11.8 Å². The van der Waals surface area contributed by atoms with E-state index in [1.807, 2.05) is 25.1 Å². The zero-order chi connectivity index (χ0) is 15.2. The molecule has 2 rings (SSSR count). The van der Waals surface area contributed by atoms with E-state index in [1.54, 1.807) is 6.92 Å². The van der Waals surface area contributed by atoms with Crippen LogP contribution >= 0.6 is 0 Å². The number of anilines is 1. The lowest BCUT2D eigenvalue weighted by atomic mass is 10.1. The Morgan fingerprint density at radius 2 is 2.29 bits per heavy atom. The van der Waals surface area contributed by atoms with E-state index in [9.17, 15) is 4.79 Å². The maximum absolute atomic E-state index is 12.2. The molecule has 5 nitrogen and oxygen atoms in total. The minimum absolute atomic E-state index is 0.167. The first-order valence-electron chi connectivity index (χ1n) is 6.69. The average Bonchev–Trinajstić information content (AvgIpc) is 2.92. The number of aryl methyl sites for hydroxylation is 2. The number of aliphatic hydroxyl groups excluding tert-OH is 1. The molecule has 0 saturated heterocycles. The molecule has 2 aromatic rings. The minimum atomic E-state index is -0.190. The summed E-state index contributed by atoms with van der Waals surface area (Å²) in [7, 11) is 0. The molecular formula is C16H17N3O2. The van der Waals surface area contributed by atoms with E-state index >= 15 is 0 Å². The van der Waals surface area contributed by atoms with Crippen LogP contribution in [-0.4, -0.2) is 27.8 Å². The number of aromatic amines is 1. The number of rotatable bonds is 3. The van der Waals surface area contributed by atoms with E-state index in [2.05, 4.69) is 27.4 Å². The van der Waals surface area contributed by atoms with Gasteiger partial charge in [0.2, 0.25) is 0 Å². The second-order valence-electron chi connectivity index (χ2n) is 4.55. The minimum Gasteiger partial charge on any atom is -0.384 e. The van der Waals surface area contributed by atoms with Crippen LogP contribution in [0.15, 0.2) is 24.4 Å². The summed E-state index contributed by atoms with van der Waals surface area (Å²) >= 11 is 0. The van der Waals surface area contributed by atoms with Gasteiger partial charge in [-0.3, -0.25) is 9.89 Å². The number of nitrogens with one attached hydrogen (secondary N) is 2. The molecule has 3 N–H and O–H groups in total. The maximum atomic E-state index is 12.2. The van der Waals surface area contributed by atoms with Crippen molar-refractivity contribution in [2.75, 3.05) is 11.9 Å².